The molecule has 76 heavy (non-hydrogen) atoms. The fraction of sp³-hybridized carbons (Fsp3) is 0.842. The average molecular weight is 1090 g/mol. The number of aliphatic hydroxyl groups is 11. The SMILES string of the molecule is CCCC/C=C\C/C=C\CCCCCCCC(=O)NC(COC1OC(CO)C(OC2OC(CO)C(OC3OC(CO)C(O)C(O)C3O)C(O)C2O)C(O)C1O)C(O)/C=C/CC/C=C/CCCCCCCCCCCCC. The lowest BCUT2D eigenvalue weighted by molar-refractivity contribution is -0.379. The Bertz CT molecular complexity index is 1580. The molecule has 0 aliphatic carbocycles. The average Bonchev–Trinajstić information content (AvgIpc) is 3.42. The van der Waals surface area contributed by atoms with Gasteiger partial charge in [-0.15, -0.1) is 0 Å². The van der Waals surface area contributed by atoms with Crippen LogP contribution in [0.1, 0.15) is 174 Å². The van der Waals surface area contributed by atoms with Crippen LogP contribution in [-0.4, -0.2) is 193 Å². The quantitative estimate of drug-likeness (QED) is 0.0300. The van der Waals surface area contributed by atoms with Crippen molar-refractivity contribution in [2.45, 2.75) is 279 Å². The summed E-state index contributed by atoms with van der Waals surface area (Å²) in [5, 5.41) is 120. The first kappa shape index (κ1) is 68.0. The van der Waals surface area contributed by atoms with E-state index in [0.29, 0.717) is 12.8 Å². The Morgan fingerprint density at radius 2 is 0.895 bits per heavy atom. The van der Waals surface area contributed by atoms with Crippen molar-refractivity contribution in [1.29, 1.82) is 0 Å². The molecule has 3 fully saturated rings. The van der Waals surface area contributed by atoms with Gasteiger partial charge >= 0.3 is 0 Å². The number of ether oxygens (including phenoxy) is 6. The fourth-order valence-electron chi connectivity index (χ4n) is 9.52. The molecule has 0 radical (unpaired) electrons. The van der Waals surface area contributed by atoms with Crippen molar-refractivity contribution in [3.05, 3.63) is 48.6 Å². The Balaban J connectivity index is 1.54. The van der Waals surface area contributed by atoms with Gasteiger partial charge in [-0.2, -0.15) is 0 Å². The topological polar surface area (TPSA) is 307 Å². The summed E-state index contributed by atoms with van der Waals surface area (Å²) in [7, 11) is 0. The summed E-state index contributed by atoms with van der Waals surface area (Å²) in [6.07, 6.45) is 16.7. The maximum atomic E-state index is 13.3. The number of hydrogen-bond acceptors (Lipinski definition) is 18. The number of unbranched alkanes of at least 4 members (excludes halogenated alkanes) is 19. The summed E-state index contributed by atoms with van der Waals surface area (Å²) in [5.74, 6) is -0.302. The molecule has 0 bridgehead atoms. The molecule has 0 aromatic carbocycles. The minimum atomic E-state index is -1.98. The van der Waals surface area contributed by atoms with Crippen LogP contribution in [0.3, 0.4) is 0 Å². The van der Waals surface area contributed by atoms with Crippen LogP contribution in [0.5, 0.6) is 0 Å². The summed E-state index contributed by atoms with van der Waals surface area (Å²) in [6, 6.07) is -0.996. The van der Waals surface area contributed by atoms with E-state index in [9.17, 15) is 61.0 Å². The lowest BCUT2D eigenvalue weighted by Gasteiger charge is -2.48. The zero-order chi connectivity index (χ0) is 55.5. The first-order valence-corrected chi connectivity index (χ1v) is 28.9. The van der Waals surface area contributed by atoms with Crippen LogP contribution >= 0.6 is 0 Å². The number of aliphatic hydroxyl groups excluding tert-OH is 11. The van der Waals surface area contributed by atoms with E-state index in [2.05, 4.69) is 55.6 Å². The van der Waals surface area contributed by atoms with Crippen molar-refractivity contribution in [1.82, 2.24) is 5.32 Å². The van der Waals surface area contributed by atoms with E-state index in [1.165, 1.54) is 77.0 Å². The Hall–Kier alpha value is -2.25. The van der Waals surface area contributed by atoms with Crippen LogP contribution in [-0.2, 0) is 33.2 Å². The molecule has 0 saturated carbocycles. The van der Waals surface area contributed by atoms with Crippen molar-refractivity contribution >= 4 is 5.91 Å². The molecule has 442 valence electrons. The lowest BCUT2D eigenvalue weighted by atomic mass is 9.96. The van der Waals surface area contributed by atoms with Gasteiger partial charge in [0.05, 0.1) is 38.6 Å². The van der Waals surface area contributed by atoms with Gasteiger partial charge < -0.3 is 89.9 Å². The molecule has 0 aromatic heterocycles. The molecule has 3 aliphatic heterocycles. The van der Waals surface area contributed by atoms with Crippen molar-refractivity contribution < 1.29 is 89.4 Å². The number of carbonyl (C=O) groups excluding carboxylic acids is 1. The molecule has 3 rings (SSSR count). The predicted molar refractivity (Wildman–Crippen MR) is 286 cm³/mol. The lowest BCUT2D eigenvalue weighted by Crippen LogP contribution is -2.66. The molecule has 1 amide bonds. The van der Waals surface area contributed by atoms with Gasteiger partial charge in [0.25, 0.3) is 0 Å². The van der Waals surface area contributed by atoms with Gasteiger partial charge in [-0.3, -0.25) is 4.79 Å². The molecule has 12 N–H and O–H groups in total. The van der Waals surface area contributed by atoms with E-state index in [1.807, 2.05) is 6.08 Å². The van der Waals surface area contributed by atoms with Gasteiger partial charge in [-0.1, -0.05) is 159 Å². The summed E-state index contributed by atoms with van der Waals surface area (Å²) >= 11 is 0. The number of hydrogen-bond donors (Lipinski definition) is 12. The van der Waals surface area contributed by atoms with Crippen LogP contribution in [0, 0.1) is 0 Å². The monoisotopic (exact) mass is 1090 g/mol. The third kappa shape index (κ3) is 25.0. The maximum Gasteiger partial charge on any atom is 0.220 e. The summed E-state index contributed by atoms with van der Waals surface area (Å²) in [6.45, 7) is 1.63. The fourth-order valence-corrected chi connectivity index (χ4v) is 9.52. The molecule has 0 spiro atoms. The first-order chi connectivity index (χ1) is 36.8. The second-order valence-electron chi connectivity index (χ2n) is 20.7. The highest BCUT2D eigenvalue weighted by atomic mass is 16.8. The van der Waals surface area contributed by atoms with Crippen LogP contribution in [0.15, 0.2) is 48.6 Å². The molecule has 3 saturated heterocycles. The van der Waals surface area contributed by atoms with Gasteiger partial charge in [0.15, 0.2) is 18.9 Å². The highest BCUT2D eigenvalue weighted by Crippen LogP contribution is 2.33. The van der Waals surface area contributed by atoms with Gasteiger partial charge in [0.1, 0.15) is 73.2 Å². The van der Waals surface area contributed by atoms with Crippen LogP contribution in [0.2, 0.25) is 0 Å². The summed E-state index contributed by atoms with van der Waals surface area (Å²) in [5.41, 5.74) is 0. The van der Waals surface area contributed by atoms with E-state index in [-0.39, 0.29) is 18.9 Å². The molecule has 17 atom stereocenters. The Morgan fingerprint density at radius 1 is 0.474 bits per heavy atom. The second-order valence-corrected chi connectivity index (χ2v) is 20.7. The van der Waals surface area contributed by atoms with Gasteiger partial charge in [0.2, 0.25) is 5.91 Å². The van der Waals surface area contributed by atoms with Crippen molar-refractivity contribution in [2.75, 3.05) is 26.4 Å². The van der Waals surface area contributed by atoms with Gasteiger partial charge in [-0.25, -0.2) is 0 Å². The van der Waals surface area contributed by atoms with E-state index >= 15 is 0 Å². The highest BCUT2D eigenvalue weighted by Gasteiger charge is 2.53. The molecule has 19 heteroatoms. The van der Waals surface area contributed by atoms with Crippen molar-refractivity contribution in [3.63, 3.8) is 0 Å². The zero-order valence-corrected chi connectivity index (χ0v) is 45.7. The standard InChI is InChI=1S/C57H101NO18/c1-3-5-7-9-11-13-15-17-19-20-21-22-24-26-28-30-32-34-41(62)40(58-45(63)35-33-31-29-27-25-23-18-16-14-12-10-8-6-4-2)39-71-55-51(69)48(66)53(43(37-60)73-55)76-57-52(70)49(67)54(44(38-61)74-57)75-56-50(68)47(65)46(64)42(36-59)72-56/h10,12,16,18,24,26,32,34,40-44,46-57,59-62,64-70H,3-9,11,13-15,17,19-23,25,27-31,33,35-39H2,1-2H3,(H,58,63)/b12-10-,18-16-,26-24+,34-32+. The van der Waals surface area contributed by atoms with Crippen LogP contribution in [0.25, 0.3) is 0 Å². The predicted octanol–water partition coefficient (Wildman–Crippen LogP) is 4.31. The third-order valence-electron chi connectivity index (χ3n) is 14.3. The van der Waals surface area contributed by atoms with Crippen molar-refractivity contribution in [2.24, 2.45) is 0 Å². The summed E-state index contributed by atoms with van der Waals surface area (Å²) < 4.78 is 34.2. The largest absolute Gasteiger partial charge is 0.394 e. The smallest absolute Gasteiger partial charge is 0.220 e. The molecule has 3 aliphatic rings. The normalized spacial score (nSPS) is 31.3. The Kier molecular flexibility index (Phi) is 36.6. The van der Waals surface area contributed by atoms with Gasteiger partial charge in [-0.05, 0) is 57.8 Å². The second kappa shape index (κ2) is 40.9. The molecule has 17 unspecified atom stereocenters. The minimum Gasteiger partial charge on any atom is -0.394 e. The maximum absolute atomic E-state index is 13.3. The molecule has 19 nitrogen and oxygen atoms in total. The summed E-state index contributed by atoms with van der Waals surface area (Å²) in [4.78, 5) is 13.3. The highest BCUT2D eigenvalue weighted by molar-refractivity contribution is 5.76. The molecule has 0 aromatic rings. The van der Waals surface area contributed by atoms with Crippen molar-refractivity contribution in [3.8, 4) is 0 Å². The van der Waals surface area contributed by atoms with Crippen LogP contribution < -0.4 is 5.32 Å². The molecule has 3 heterocycles. The van der Waals surface area contributed by atoms with E-state index in [0.717, 1.165) is 64.2 Å². The first-order valence-electron chi connectivity index (χ1n) is 28.9. The van der Waals surface area contributed by atoms with Gasteiger partial charge in [0, 0.05) is 6.42 Å². The zero-order valence-electron chi connectivity index (χ0n) is 45.7. The van der Waals surface area contributed by atoms with E-state index in [4.69, 9.17) is 28.4 Å². The number of amides is 1. The Labute approximate surface area is 453 Å². The van der Waals surface area contributed by atoms with Crippen LogP contribution in [0.4, 0.5) is 0 Å². The molecular formula is C57H101NO18. The number of allylic oxidation sites excluding steroid dienone is 7. The number of nitrogens with one attached hydrogen (secondary N) is 1. The van der Waals surface area contributed by atoms with E-state index < -0.39 is 124 Å². The number of carbonyl (C=O) groups is 1. The third-order valence-corrected chi connectivity index (χ3v) is 14.3. The van der Waals surface area contributed by atoms with E-state index in [1.54, 1.807) is 6.08 Å². The Morgan fingerprint density at radius 3 is 1.43 bits per heavy atom. The molecular weight excluding hydrogens is 987 g/mol. The minimum absolute atomic E-state index is 0.218. The number of rotatable bonds is 41.